The molecule has 0 spiro atoms. The van der Waals surface area contributed by atoms with Gasteiger partial charge < -0.3 is 24.8 Å². The molecule has 10 heteroatoms. The first-order valence-electron chi connectivity index (χ1n) is 14.9. The Labute approximate surface area is 251 Å². The number of amides is 1. The summed E-state index contributed by atoms with van der Waals surface area (Å²) in [6.45, 7) is 6.56. The average molecular weight is 591 g/mol. The highest BCUT2D eigenvalue weighted by Crippen LogP contribution is 2.36. The number of hydrogen-bond acceptors (Lipinski definition) is 7. The van der Waals surface area contributed by atoms with Crippen LogP contribution < -0.4 is 14.8 Å². The minimum absolute atomic E-state index is 0.00865. The van der Waals surface area contributed by atoms with E-state index in [1.807, 2.05) is 30.8 Å². The lowest BCUT2D eigenvalue weighted by Gasteiger charge is -2.29. The molecule has 43 heavy (non-hydrogen) atoms. The number of aliphatic hydroxyl groups excluding tert-OH is 1. The van der Waals surface area contributed by atoms with E-state index in [9.17, 15) is 19.1 Å². The molecule has 1 aromatic heterocycles. The Morgan fingerprint density at radius 2 is 1.86 bits per heavy atom. The monoisotopic (exact) mass is 590 g/mol. The highest BCUT2D eigenvalue weighted by Gasteiger charge is 2.31. The van der Waals surface area contributed by atoms with E-state index in [0.717, 1.165) is 49.2 Å². The second-order valence-electron chi connectivity index (χ2n) is 11.1. The summed E-state index contributed by atoms with van der Waals surface area (Å²) in [5.41, 5.74) is 4.77. The van der Waals surface area contributed by atoms with Gasteiger partial charge in [-0.3, -0.25) is 14.3 Å². The van der Waals surface area contributed by atoms with Crippen LogP contribution in [0.15, 0.2) is 42.5 Å². The van der Waals surface area contributed by atoms with Gasteiger partial charge in [-0.25, -0.2) is 4.39 Å². The molecule has 0 aliphatic carbocycles. The van der Waals surface area contributed by atoms with Crippen LogP contribution in [0.2, 0.25) is 0 Å². The summed E-state index contributed by atoms with van der Waals surface area (Å²) >= 11 is 0. The molecule has 2 aliphatic heterocycles. The van der Waals surface area contributed by atoms with Crippen molar-refractivity contribution in [2.24, 2.45) is 7.05 Å². The number of Topliss-reactive ketones (excluding diaryl/α,β-unsaturated/α-hetero) is 1. The molecule has 9 nitrogen and oxygen atoms in total. The van der Waals surface area contributed by atoms with Gasteiger partial charge in [-0.1, -0.05) is 43.3 Å². The Morgan fingerprint density at radius 3 is 2.58 bits per heavy atom. The molecule has 0 bridgehead atoms. The van der Waals surface area contributed by atoms with Crippen LogP contribution in [0.5, 0.6) is 11.5 Å². The van der Waals surface area contributed by atoms with Crippen molar-refractivity contribution in [2.45, 2.75) is 51.7 Å². The predicted molar refractivity (Wildman–Crippen MR) is 161 cm³/mol. The molecule has 5 rings (SSSR count). The van der Waals surface area contributed by atoms with Crippen LogP contribution in [0.4, 0.5) is 4.39 Å². The molecule has 1 saturated heterocycles. The fourth-order valence-corrected chi connectivity index (χ4v) is 5.83. The number of benzene rings is 2. The van der Waals surface area contributed by atoms with Gasteiger partial charge in [-0.05, 0) is 69.0 Å². The topological polar surface area (TPSA) is 106 Å². The van der Waals surface area contributed by atoms with Crippen LogP contribution >= 0.6 is 0 Å². The van der Waals surface area contributed by atoms with Crippen molar-refractivity contribution >= 4 is 17.8 Å². The number of ketones is 1. The summed E-state index contributed by atoms with van der Waals surface area (Å²) in [5.74, 6) is -1.96. The van der Waals surface area contributed by atoms with Crippen LogP contribution in [-0.2, 0) is 24.7 Å². The zero-order valence-corrected chi connectivity index (χ0v) is 24.9. The summed E-state index contributed by atoms with van der Waals surface area (Å²) in [7, 11) is 1.95. The highest BCUT2D eigenvalue weighted by atomic mass is 19.1. The molecule has 3 aromatic rings. The number of nitrogens with one attached hydrogen (secondary N) is 1. The fraction of sp³-hybridized carbons (Fsp3) is 0.424. The van der Waals surface area contributed by atoms with E-state index in [4.69, 9.17) is 9.47 Å². The number of aromatic nitrogens is 2. The minimum Gasteiger partial charge on any atom is -0.486 e. The molecular weight excluding hydrogens is 551 g/mol. The SMILES string of the molecule is CCc1c(/C=C\Cc2ccc(C(=O)C(=O)N[C@H](CN3CCCC3)[C@H](O)c3cc(F)c4c(c3)OCCO4)cc2)c(C)nn1C. The van der Waals surface area contributed by atoms with Gasteiger partial charge in [0.25, 0.3) is 5.91 Å². The van der Waals surface area contributed by atoms with Crippen LogP contribution in [0.25, 0.3) is 6.08 Å². The third kappa shape index (κ3) is 6.97. The average Bonchev–Trinajstić information content (AvgIpc) is 3.62. The number of carbonyl (C=O) groups is 2. The van der Waals surface area contributed by atoms with Gasteiger partial charge in [0.1, 0.15) is 19.3 Å². The fourth-order valence-electron chi connectivity index (χ4n) is 5.83. The molecule has 1 amide bonds. The Balaban J connectivity index is 1.26. The molecule has 2 aliphatic rings. The maximum Gasteiger partial charge on any atom is 0.292 e. The lowest BCUT2D eigenvalue weighted by Crippen LogP contribution is -2.48. The molecule has 2 aromatic carbocycles. The van der Waals surface area contributed by atoms with Crippen molar-refractivity contribution in [3.8, 4) is 11.5 Å². The highest BCUT2D eigenvalue weighted by molar-refractivity contribution is 6.42. The van der Waals surface area contributed by atoms with Crippen LogP contribution in [0, 0.1) is 12.7 Å². The lowest BCUT2D eigenvalue weighted by atomic mass is 9.99. The summed E-state index contributed by atoms with van der Waals surface area (Å²) < 4.78 is 27.5. The molecule has 1 fully saturated rings. The smallest absolute Gasteiger partial charge is 0.292 e. The van der Waals surface area contributed by atoms with E-state index in [0.29, 0.717) is 13.0 Å². The predicted octanol–water partition coefficient (Wildman–Crippen LogP) is 3.95. The number of halogens is 1. The number of aliphatic hydroxyl groups is 1. The Morgan fingerprint density at radius 1 is 1.14 bits per heavy atom. The molecule has 0 unspecified atom stereocenters. The van der Waals surface area contributed by atoms with Gasteiger partial charge in [0, 0.05) is 30.4 Å². The van der Waals surface area contributed by atoms with Gasteiger partial charge in [0.05, 0.1) is 11.7 Å². The molecule has 0 saturated carbocycles. The number of ether oxygens (including phenoxy) is 2. The molecular formula is C33H39FN4O5. The number of aryl methyl sites for hydroxylation is 2. The Hall–Kier alpha value is -4.02. The number of rotatable bonds is 11. The van der Waals surface area contributed by atoms with Gasteiger partial charge in [-0.2, -0.15) is 5.10 Å². The Bertz CT molecular complexity index is 1490. The molecule has 0 radical (unpaired) electrons. The standard InChI is InChI=1S/C33H39FN4O5/c1-4-28-25(21(2)36-37(28)3)9-7-8-22-10-12-23(13-11-22)31(40)33(41)35-27(20-38-14-5-6-15-38)30(39)24-18-26(34)32-29(19-24)42-16-17-43-32/h7,9-13,18-19,27,30,39H,4-6,8,14-17,20H2,1-3H3,(H,35,41)/b9-7-/t27-,30-/m1/s1. The van der Waals surface area contributed by atoms with Crippen molar-refractivity contribution in [1.82, 2.24) is 20.0 Å². The molecule has 228 valence electrons. The van der Waals surface area contributed by atoms with E-state index in [1.165, 1.54) is 17.8 Å². The minimum atomic E-state index is -1.27. The zero-order valence-electron chi connectivity index (χ0n) is 24.9. The van der Waals surface area contributed by atoms with E-state index < -0.39 is 29.7 Å². The normalized spacial score (nSPS) is 16.4. The largest absolute Gasteiger partial charge is 0.486 e. The first-order chi connectivity index (χ1) is 20.7. The van der Waals surface area contributed by atoms with Gasteiger partial charge in [0.2, 0.25) is 5.78 Å². The molecule has 3 heterocycles. The van der Waals surface area contributed by atoms with Crippen molar-refractivity contribution in [3.63, 3.8) is 0 Å². The van der Waals surface area contributed by atoms with Gasteiger partial charge >= 0.3 is 0 Å². The number of hydrogen-bond donors (Lipinski definition) is 2. The first kappa shape index (κ1) is 30.4. The van der Waals surface area contributed by atoms with Crippen molar-refractivity contribution in [3.05, 3.63) is 81.9 Å². The van der Waals surface area contributed by atoms with Gasteiger partial charge in [-0.15, -0.1) is 0 Å². The van der Waals surface area contributed by atoms with E-state index in [-0.39, 0.29) is 35.8 Å². The number of nitrogens with zero attached hydrogens (tertiary/aromatic N) is 3. The second-order valence-corrected chi connectivity index (χ2v) is 11.1. The summed E-state index contributed by atoms with van der Waals surface area (Å²) in [5, 5.41) is 18.5. The number of carbonyl (C=O) groups excluding carboxylic acids is 2. The summed E-state index contributed by atoms with van der Waals surface area (Å²) in [4.78, 5) is 28.4. The Kier molecular flexibility index (Phi) is 9.57. The maximum absolute atomic E-state index is 14.7. The quantitative estimate of drug-likeness (QED) is 0.257. The lowest BCUT2D eigenvalue weighted by molar-refractivity contribution is -0.118. The van der Waals surface area contributed by atoms with E-state index >= 15 is 0 Å². The third-order valence-electron chi connectivity index (χ3n) is 8.10. The van der Waals surface area contributed by atoms with Crippen molar-refractivity contribution in [2.75, 3.05) is 32.8 Å². The van der Waals surface area contributed by atoms with Crippen LogP contribution in [0.1, 0.15) is 64.3 Å². The zero-order chi connectivity index (χ0) is 30.5. The third-order valence-corrected chi connectivity index (χ3v) is 8.10. The summed E-state index contributed by atoms with van der Waals surface area (Å²) in [6, 6.07) is 8.81. The van der Waals surface area contributed by atoms with Crippen molar-refractivity contribution < 1.29 is 28.6 Å². The van der Waals surface area contributed by atoms with Crippen molar-refractivity contribution in [1.29, 1.82) is 0 Å². The molecule has 2 N–H and O–H groups in total. The van der Waals surface area contributed by atoms with E-state index in [2.05, 4.69) is 34.4 Å². The first-order valence-corrected chi connectivity index (χ1v) is 14.9. The van der Waals surface area contributed by atoms with Crippen LogP contribution in [-0.4, -0.2) is 70.4 Å². The number of fused-ring (bicyclic) bond motifs is 1. The second kappa shape index (κ2) is 13.5. The van der Waals surface area contributed by atoms with Crippen LogP contribution in [0.3, 0.4) is 0 Å². The molecule has 2 atom stereocenters. The summed E-state index contributed by atoms with van der Waals surface area (Å²) in [6.07, 6.45) is 6.45. The van der Waals surface area contributed by atoms with Gasteiger partial charge in [0.15, 0.2) is 17.3 Å². The number of likely N-dealkylation sites (tertiary alicyclic amines) is 1. The maximum atomic E-state index is 14.7. The number of allylic oxidation sites excluding steroid dienone is 1. The van der Waals surface area contributed by atoms with E-state index in [1.54, 1.807) is 12.1 Å².